The highest BCUT2D eigenvalue weighted by Gasteiger charge is 3.17. The topological polar surface area (TPSA) is 0 Å². The smallest absolute Gasteiger partial charge is 0.131 e. The van der Waals surface area contributed by atoms with Crippen LogP contribution in [-0.4, -0.2) is 47.2 Å². The normalized spacial score (nSPS) is 22.3. The van der Waals surface area contributed by atoms with Gasteiger partial charge in [0, 0.05) is 14.7 Å². The molecule has 0 amide bonds. The van der Waals surface area contributed by atoms with Crippen molar-refractivity contribution in [2.24, 2.45) is 0 Å². The maximum Gasteiger partial charge on any atom is 0.316 e. The van der Waals surface area contributed by atoms with Gasteiger partial charge in [0.05, 0.1) is 19.9 Å². The maximum absolute atomic E-state index is 8.22. The van der Waals surface area contributed by atoms with Crippen LogP contribution in [0.5, 0.6) is 0 Å². The highest BCUT2D eigenvalue weighted by atomic mass is 35.8. The molecule has 4 bridgehead atoms. The lowest BCUT2D eigenvalue weighted by Crippen LogP contribution is -3.47. The van der Waals surface area contributed by atoms with Gasteiger partial charge in [-0.2, -0.15) is 0 Å². The van der Waals surface area contributed by atoms with E-state index in [-0.39, 0.29) is 0 Å². The molecule has 284 valence electrons. The molecule has 10 heteroatoms. The number of hydrogen-bond acceptors (Lipinski definition) is 0. The lowest BCUT2D eigenvalue weighted by Gasteiger charge is -3.03. The molecular weight excluding hydrogens is 843 g/mol. The molecule has 0 N–H and O–H groups in total. The fraction of sp³-hybridized carbons (Fsp3) is 0.333. The van der Waals surface area contributed by atoms with E-state index in [0.717, 1.165) is 0 Å². The summed E-state index contributed by atoms with van der Waals surface area (Å²) < 4.78 is 0. The van der Waals surface area contributed by atoms with Gasteiger partial charge in [0.25, 0.3) is 0 Å². The minimum Gasteiger partial charge on any atom is -0.131 e. The molecule has 2 radical (unpaired) electrons. The summed E-state index contributed by atoms with van der Waals surface area (Å²) in [6.45, 7) is 33.6. The van der Waals surface area contributed by atoms with Gasteiger partial charge in [-0.15, -0.1) is 33.2 Å². The molecule has 0 spiro atoms. The Balaban J connectivity index is 1.66. The second kappa shape index (κ2) is 12.7. The van der Waals surface area contributed by atoms with Gasteiger partial charge in [-0.1, -0.05) is 170 Å². The van der Waals surface area contributed by atoms with Crippen molar-refractivity contribution in [3.63, 3.8) is 0 Å². The number of rotatable bonds is 6. The molecule has 0 unspecified atom stereocenters. The zero-order valence-electron chi connectivity index (χ0n) is 35.4. The predicted octanol–water partition coefficient (Wildman–Crippen LogP) is 8.34. The monoisotopic (exact) mass is 896 g/mol. The molecule has 0 saturated carbocycles. The third-order valence-corrected chi connectivity index (χ3v) is 247. The fourth-order valence-corrected chi connectivity index (χ4v) is 528. The minimum absolute atomic E-state index is 1.13. The summed E-state index contributed by atoms with van der Waals surface area (Å²) in [7, 11) is -7.27. The number of benzene rings is 5. The van der Waals surface area contributed by atoms with E-state index in [0.29, 0.717) is 0 Å². The zero-order valence-corrected chi connectivity index (χ0v) is 44.7. The van der Waals surface area contributed by atoms with E-state index < -0.39 is 47.2 Å². The molecule has 0 atom stereocenters. The Morgan fingerprint density at radius 2 is 0.564 bits per heavy atom. The van der Waals surface area contributed by atoms with Gasteiger partial charge in [-0.05, 0) is 104 Å². The standard InChI is InChI=1S/C45H55Cl3Si7/c1-26-16-31(6)41(32(7)17-26)51(42-33(8)18-27(2)19-34(42)9)49-53(45-39(14)24-30(5)25-40(45)15)50(51)55(49,54(46,47)48)52(53,43-35(10)20-28(3)21-36(43)11)44-37(12)22-29(4)23-38(44)13/h16-25H,1-15H3. The SMILES string of the molecule is Cc1cc(C)c([Si]2(c3c(C)cc(C)cc3C)[Si]3[Si]4(c5c(C)cc(C)cc5C)[Si]2[Si]3([Si](Cl)(Cl)Cl)[Si]4(c2c(C)cc(C)cc2C)c2c(C)cc(C)cc2C)c(C)c1. The van der Waals surface area contributed by atoms with Gasteiger partial charge in [-0.25, -0.2) is 0 Å². The van der Waals surface area contributed by atoms with Gasteiger partial charge in [0.15, 0.2) is 0 Å². The van der Waals surface area contributed by atoms with Crippen LogP contribution in [-0.2, 0) is 0 Å². The molecular formula is C45H55Cl3Si7. The molecule has 5 heterocycles. The van der Waals surface area contributed by atoms with Crippen molar-refractivity contribution in [1.82, 2.24) is 0 Å². The van der Waals surface area contributed by atoms with Crippen molar-refractivity contribution < 1.29 is 0 Å². The summed E-state index contributed by atoms with van der Waals surface area (Å²) in [5.74, 6) is 0. The first-order chi connectivity index (χ1) is 25.6. The van der Waals surface area contributed by atoms with E-state index >= 15 is 0 Å². The van der Waals surface area contributed by atoms with Gasteiger partial charge in [0.1, 0.15) is 7.11 Å². The molecule has 5 aliphatic rings. The van der Waals surface area contributed by atoms with Crippen LogP contribution in [0.1, 0.15) is 83.5 Å². The van der Waals surface area contributed by atoms with Crippen LogP contribution in [0.25, 0.3) is 0 Å². The molecule has 10 rings (SSSR count). The summed E-state index contributed by atoms with van der Waals surface area (Å²) in [6.07, 6.45) is -2.52. The van der Waals surface area contributed by atoms with Gasteiger partial charge in [0.2, 0.25) is 0 Å². The van der Waals surface area contributed by atoms with Crippen LogP contribution in [0, 0.1) is 104 Å². The Morgan fingerprint density at radius 3 is 0.800 bits per heavy atom. The van der Waals surface area contributed by atoms with E-state index in [4.69, 9.17) is 33.2 Å². The van der Waals surface area contributed by atoms with Crippen molar-refractivity contribution in [3.05, 3.63) is 144 Å². The molecule has 5 aromatic rings. The first-order valence-corrected chi connectivity index (χ1v) is 44.9. The van der Waals surface area contributed by atoms with Gasteiger partial charge >= 0.3 is 5.52 Å². The average Bonchev–Trinajstić information content (AvgIpc) is 2.97. The van der Waals surface area contributed by atoms with E-state index in [1.807, 2.05) is 5.19 Å². The first-order valence-electron chi connectivity index (χ1n) is 19.8. The van der Waals surface area contributed by atoms with Crippen LogP contribution >= 0.6 is 33.2 Å². The van der Waals surface area contributed by atoms with E-state index in [1.54, 1.807) is 31.9 Å². The predicted molar refractivity (Wildman–Crippen MR) is 259 cm³/mol. The van der Waals surface area contributed by atoms with E-state index in [1.165, 1.54) is 72.3 Å². The zero-order chi connectivity index (χ0) is 40.3. The van der Waals surface area contributed by atoms with Crippen molar-refractivity contribution in [3.8, 4) is 0 Å². The van der Waals surface area contributed by atoms with Crippen LogP contribution in [0.15, 0.2) is 60.7 Å². The minimum atomic E-state index is -3.26. The highest BCUT2D eigenvalue weighted by Crippen LogP contribution is 2.76. The molecule has 5 fully saturated rings. The van der Waals surface area contributed by atoms with Crippen LogP contribution in [0.4, 0.5) is 0 Å². The number of aryl methyl sites for hydroxylation is 15. The van der Waals surface area contributed by atoms with Gasteiger partial charge in [-0.3, -0.25) is 0 Å². The summed E-state index contributed by atoms with van der Waals surface area (Å²) in [4.78, 5) is 0. The number of halogens is 3. The maximum atomic E-state index is 8.22. The fourth-order valence-electron chi connectivity index (χ4n) is 14.1. The van der Waals surface area contributed by atoms with E-state index in [9.17, 15) is 0 Å². The summed E-state index contributed by atoms with van der Waals surface area (Å²) in [5, 5.41) is 8.79. The molecule has 5 saturated heterocycles. The molecule has 55 heavy (non-hydrogen) atoms. The van der Waals surface area contributed by atoms with Crippen LogP contribution in [0.3, 0.4) is 0 Å². The van der Waals surface area contributed by atoms with E-state index in [2.05, 4.69) is 165 Å². The van der Waals surface area contributed by atoms with Crippen LogP contribution < -0.4 is 25.9 Å². The molecule has 5 aliphatic heterocycles. The first kappa shape index (κ1) is 40.3. The second-order valence-corrected chi connectivity index (χ2v) is 100. The Labute approximate surface area is 351 Å². The van der Waals surface area contributed by atoms with Crippen molar-refractivity contribution in [2.45, 2.75) is 104 Å². The molecule has 0 nitrogen and oxygen atoms in total. The second-order valence-electron chi connectivity index (χ2n) is 18.1. The van der Waals surface area contributed by atoms with Crippen molar-refractivity contribution in [2.75, 3.05) is 0 Å². The highest BCUT2D eigenvalue weighted by molar-refractivity contribution is 8.75. The average molecular weight is 899 g/mol. The molecule has 5 aromatic carbocycles. The Hall–Kier alpha value is -1.51. The van der Waals surface area contributed by atoms with Crippen LogP contribution in [0.2, 0.25) is 0 Å². The quantitative estimate of drug-likeness (QED) is 0.119. The van der Waals surface area contributed by atoms with Crippen molar-refractivity contribution >= 4 is 106 Å². The van der Waals surface area contributed by atoms with Crippen molar-refractivity contribution in [1.29, 1.82) is 0 Å². The Morgan fingerprint density at radius 1 is 0.345 bits per heavy atom. The third-order valence-electron chi connectivity index (χ3n) is 14.1. The summed E-state index contributed by atoms with van der Waals surface area (Å²) >= 11 is 24.7. The van der Waals surface area contributed by atoms with Gasteiger partial charge < -0.3 is 0 Å². The number of hydrogen-bond donors (Lipinski definition) is 0. The molecule has 0 aliphatic carbocycles. The summed E-state index contributed by atoms with van der Waals surface area (Å²) in [6, 6.07) is 25.1. The summed E-state index contributed by atoms with van der Waals surface area (Å²) in [5.41, 5.74) is 18.6. The molecule has 0 aromatic heterocycles. The lowest BCUT2D eigenvalue weighted by atomic mass is 10.1. The largest absolute Gasteiger partial charge is 0.316 e. The lowest BCUT2D eigenvalue weighted by molar-refractivity contribution is 1.33. The third kappa shape index (κ3) is 4.55. The Kier molecular flexibility index (Phi) is 9.33. The Bertz CT molecular complexity index is 2290.